The number of alkyl halides is 1. The van der Waals surface area contributed by atoms with Crippen molar-refractivity contribution in [1.29, 1.82) is 5.26 Å². The number of aryl methyl sites for hydroxylation is 1. The molecule has 1 saturated heterocycles. The van der Waals surface area contributed by atoms with Crippen LogP contribution in [0, 0.1) is 18.3 Å². The molecule has 8 heteroatoms. The summed E-state index contributed by atoms with van der Waals surface area (Å²) in [7, 11) is 0. The molecule has 1 fully saturated rings. The van der Waals surface area contributed by atoms with Crippen LogP contribution in [0.4, 0.5) is 15.9 Å². The number of halogens is 1. The van der Waals surface area contributed by atoms with E-state index in [9.17, 15) is 19.6 Å². The number of nitrogens with zero attached hydrogens (tertiary/aromatic N) is 4. The lowest BCUT2D eigenvalue weighted by Gasteiger charge is -2.45. The normalized spacial score (nSPS) is 14.8. The number of nitrogens with one attached hydrogen (secondary N) is 1. The van der Waals surface area contributed by atoms with Gasteiger partial charge in [0.05, 0.1) is 11.2 Å². The van der Waals surface area contributed by atoms with Gasteiger partial charge in [-0.15, -0.1) is 0 Å². The molecule has 2 aromatic heterocycles. The van der Waals surface area contributed by atoms with Crippen LogP contribution in [0.25, 0.3) is 11.1 Å². The molecule has 0 aliphatic carbocycles. The zero-order valence-electron chi connectivity index (χ0n) is 19.6. The summed E-state index contributed by atoms with van der Waals surface area (Å²) in [6, 6.07) is 12.4. The van der Waals surface area contributed by atoms with Crippen molar-refractivity contribution in [2.75, 3.05) is 23.3 Å². The Morgan fingerprint density at radius 1 is 1.24 bits per heavy atom. The van der Waals surface area contributed by atoms with Crippen LogP contribution in [-0.4, -0.2) is 39.7 Å². The first-order valence-corrected chi connectivity index (χ1v) is 10.9. The van der Waals surface area contributed by atoms with Gasteiger partial charge < -0.3 is 15.3 Å². The molecule has 0 unspecified atom stereocenters. The molecule has 1 amide bonds. The van der Waals surface area contributed by atoms with Gasteiger partial charge in [0, 0.05) is 36.7 Å². The van der Waals surface area contributed by atoms with Crippen LogP contribution in [0.2, 0.25) is 0 Å². The minimum atomic E-state index is -1.58. The van der Waals surface area contributed by atoms with Crippen molar-refractivity contribution in [3.63, 3.8) is 0 Å². The lowest BCUT2D eigenvalue weighted by molar-refractivity contribution is 0.0305. The monoisotopic (exact) mass is 459 g/mol. The molecule has 0 atom stereocenters. The highest BCUT2D eigenvalue weighted by Gasteiger charge is 2.38. The molecule has 2 N–H and O–H groups in total. The minimum absolute atomic E-state index is 0.119. The Morgan fingerprint density at radius 3 is 2.62 bits per heavy atom. The van der Waals surface area contributed by atoms with Crippen LogP contribution >= 0.6 is 0 Å². The second-order valence-corrected chi connectivity index (χ2v) is 9.45. The van der Waals surface area contributed by atoms with Crippen LogP contribution in [0.15, 0.2) is 48.8 Å². The first-order valence-electron chi connectivity index (χ1n) is 10.9. The molecule has 174 valence electrons. The van der Waals surface area contributed by atoms with E-state index in [-0.39, 0.29) is 5.69 Å². The lowest BCUT2D eigenvalue weighted by atomic mass is 9.95. The number of nitriles is 1. The average molecular weight is 460 g/mol. The summed E-state index contributed by atoms with van der Waals surface area (Å²) in [4.78, 5) is 23.2. The zero-order chi connectivity index (χ0) is 24.7. The molecule has 0 radical (unpaired) electrons. The summed E-state index contributed by atoms with van der Waals surface area (Å²) in [6.07, 6.45) is 3.10. The molecule has 0 bridgehead atoms. The van der Waals surface area contributed by atoms with Crippen molar-refractivity contribution in [2.45, 2.75) is 39.0 Å². The smallest absolute Gasteiger partial charge is 0.274 e. The fourth-order valence-electron chi connectivity index (χ4n) is 4.00. The van der Waals surface area contributed by atoms with E-state index in [4.69, 9.17) is 0 Å². The van der Waals surface area contributed by atoms with Crippen molar-refractivity contribution in [3.05, 3.63) is 71.2 Å². The van der Waals surface area contributed by atoms with E-state index < -0.39 is 17.2 Å². The van der Waals surface area contributed by atoms with Gasteiger partial charge in [0.25, 0.3) is 5.91 Å². The first kappa shape index (κ1) is 23.3. The maximum atomic E-state index is 14.3. The van der Waals surface area contributed by atoms with Crippen molar-refractivity contribution >= 4 is 17.4 Å². The lowest BCUT2D eigenvalue weighted by Crippen LogP contribution is -2.60. The van der Waals surface area contributed by atoms with Crippen molar-refractivity contribution in [1.82, 2.24) is 9.97 Å². The fourth-order valence-corrected chi connectivity index (χ4v) is 4.00. The first-order chi connectivity index (χ1) is 16.0. The predicted octanol–water partition coefficient (Wildman–Crippen LogP) is 4.35. The Balaban J connectivity index is 1.59. The number of carbonyl (C=O) groups is 1. The largest absolute Gasteiger partial charge is 0.386 e. The molecule has 0 spiro atoms. The molecular formula is C26H26FN5O2. The van der Waals surface area contributed by atoms with Crippen molar-refractivity contribution in [3.8, 4) is 17.2 Å². The number of hydrogen-bond donors (Lipinski definition) is 2. The topological polar surface area (TPSA) is 102 Å². The van der Waals surface area contributed by atoms with Gasteiger partial charge in [-0.3, -0.25) is 9.78 Å². The number of aromatic nitrogens is 2. The standard InChI is InChI=1S/C26H26FN5O2/c1-16-5-6-20(31-24(33)22-10-19(7-8-29-22)25(2,3)27)11-21(16)18-9-17(12-28)23(30-13-18)32-14-26(4,34)15-32/h5-11,13,34H,14-15H2,1-4H3,(H,31,33). The van der Waals surface area contributed by atoms with E-state index in [1.54, 1.807) is 31.3 Å². The van der Waals surface area contributed by atoms with Crippen LogP contribution in [0.1, 0.15) is 48.0 Å². The van der Waals surface area contributed by atoms with E-state index in [2.05, 4.69) is 21.4 Å². The third-order valence-corrected chi connectivity index (χ3v) is 5.84. The molecule has 1 aliphatic heterocycles. The van der Waals surface area contributed by atoms with Crippen molar-refractivity contribution < 1.29 is 14.3 Å². The summed E-state index contributed by atoms with van der Waals surface area (Å²) in [5.41, 5.74) is 1.59. The Bertz CT molecular complexity index is 1300. The number of anilines is 2. The Kier molecular flexibility index (Phi) is 5.84. The van der Waals surface area contributed by atoms with E-state index in [1.165, 1.54) is 26.1 Å². The molecule has 34 heavy (non-hydrogen) atoms. The Labute approximate surface area is 197 Å². The second-order valence-electron chi connectivity index (χ2n) is 9.45. The number of carbonyl (C=O) groups excluding carboxylic acids is 1. The van der Waals surface area contributed by atoms with Gasteiger partial charge in [-0.1, -0.05) is 6.07 Å². The molecule has 3 heterocycles. The highest BCUT2D eigenvalue weighted by molar-refractivity contribution is 6.03. The number of rotatable bonds is 5. The van der Waals surface area contributed by atoms with Gasteiger partial charge in [-0.2, -0.15) is 5.26 Å². The van der Waals surface area contributed by atoms with Gasteiger partial charge in [0.15, 0.2) is 0 Å². The van der Waals surface area contributed by atoms with Gasteiger partial charge in [0.2, 0.25) is 0 Å². The third kappa shape index (κ3) is 4.75. The summed E-state index contributed by atoms with van der Waals surface area (Å²) in [5, 5.41) is 22.5. The minimum Gasteiger partial charge on any atom is -0.386 e. The predicted molar refractivity (Wildman–Crippen MR) is 128 cm³/mol. The van der Waals surface area contributed by atoms with Gasteiger partial charge in [0.1, 0.15) is 23.2 Å². The second kappa shape index (κ2) is 8.50. The summed E-state index contributed by atoms with van der Waals surface area (Å²) in [5.74, 6) is 0.0959. The van der Waals surface area contributed by atoms with E-state index in [1.807, 2.05) is 24.0 Å². The van der Waals surface area contributed by atoms with Crippen molar-refractivity contribution in [2.24, 2.45) is 0 Å². The van der Waals surface area contributed by atoms with Gasteiger partial charge in [-0.05, 0) is 74.7 Å². The number of aliphatic hydroxyl groups is 1. The number of benzene rings is 1. The molecule has 1 aromatic carbocycles. The number of β-amino-alcohol motifs (C(OH)–C–C–N with tert-alkyl or cyclic N) is 1. The highest BCUT2D eigenvalue weighted by Crippen LogP contribution is 2.33. The molecule has 4 rings (SSSR count). The molecule has 1 aliphatic rings. The number of pyridine rings is 2. The number of hydrogen-bond acceptors (Lipinski definition) is 6. The average Bonchev–Trinajstić information content (AvgIpc) is 2.77. The molecule has 7 nitrogen and oxygen atoms in total. The summed E-state index contributed by atoms with van der Waals surface area (Å²) in [6.45, 7) is 7.37. The van der Waals surface area contributed by atoms with E-state index in [0.717, 1.165) is 16.7 Å². The Morgan fingerprint density at radius 2 is 1.97 bits per heavy atom. The van der Waals surface area contributed by atoms with E-state index >= 15 is 0 Å². The maximum Gasteiger partial charge on any atom is 0.274 e. The van der Waals surface area contributed by atoms with Gasteiger partial charge in [-0.25, -0.2) is 9.37 Å². The molecule has 0 saturated carbocycles. The zero-order valence-corrected chi connectivity index (χ0v) is 19.6. The SMILES string of the molecule is Cc1ccc(NC(=O)c2cc(C(C)(C)F)ccn2)cc1-c1cnc(N2CC(C)(O)C2)c(C#N)c1. The van der Waals surface area contributed by atoms with Crippen LogP contribution in [0.3, 0.4) is 0 Å². The molecule has 3 aromatic rings. The summed E-state index contributed by atoms with van der Waals surface area (Å²) < 4.78 is 14.3. The Hall–Kier alpha value is -3.83. The summed E-state index contributed by atoms with van der Waals surface area (Å²) >= 11 is 0. The quantitative estimate of drug-likeness (QED) is 0.588. The van der Waals surface area contributed by atoms with E-state index in [0.29, 0.717) is 35.7 Å². The molecular weight excluding hydrogens is 433 g/mol. The van der Waals surface area contributed by atoms with Crippen LogP contribution < -0.4 is 10.2 Å². The highest BCUT2D eigenvalue weighted by atomic mass is 19.1. The van der Waals surface area contributed by atoms with Crippen LogP contribution in [0.5, 0.6) is 0 Å². The third-order valence-electron chi connectivity index (χ3n) is 5.84. The maximum absolute atomic E-state index is 14.3. The fraction of sp³-hybridized carbons (Fsp3) is 0.308. The number of amides is 1. The van der Waals surface area contributed by atoms with Gasteiger partial charge >= 0.3 is 0 Å². The van der Waals surface area contributed by atoms with Crippen LogP contribution in [-0.2, 0) is 5.67 Å².